The number of rotatable bonds is 8. The van der Waals surface area contributed by atoms with Gasteiger partial charge in [0.05, 0.1) is 19.3 Å². The van der Waals surface area contributed by atoms with Crippen LogP contribution in [0.5, 0.6) is 11.5 Å². The Labute approximate surface area is 141 Å². The van der Waals surface area contributed by atoms with E-state index >= 15 is 0 Å². The van der Waals surface area contributed by atoms with Crippen LogP contribution >= 0.6 is 0 Å². The summed E-state index contributed by atoms with van der Waals surface area (Å²) in [5, 5.41) is 13.3. The molecule has 1 aliphatic heterocycles. The second-order valence-electron chi connectivity index (χ2n) is 5.77. The van der Waals surface area contributed by atoms with Gasteiger partial charge in [0, 0.05) is 25.0 Å². The van der Waals surface area contributed by atoms with Gasteiger partial charge in [-0.3, -0.25) is 4.98 Å². The molecule has 3 rings (SSSR count). The van der Waals surface area contributed by atoms with Crippen molar-refractivity contribution in [3.05, 3.63) is 53.9 Å². The van der Waals surface area contributed by atoms with Crippen molar-refractivity contribution in [2.75, 3.05) is 19.9 Å². The number of ether oxygens (including phenoxy) is 3. The standard InChI is InChI=1S/C18H22N2O4/c1-13(15-4-6-19-7-5-15)20-9-16(21)11-22-10-14-2-3-17-18(8-14)24-12-23-17/h2-8,13,16,20-21H,9-12H2,1H3/t13-,16+/m1/s1. The Morgan fingerprint density at radius 3 is 2.83 bits per heavy atom. The highest BCUT2D eigenvalue weighted by atomic mass is 16.7. The highest BCUT2D eigenvalue weighted by molar-refractivity contribution is 5.44. The van der Waals surface area contributed by atoms with Crippen LogP contribution in [0.4, 0.5) is 0 Å². The van der Waals surface area contributed by atoms with Crippen molar-refractivity contribution in [3.63, 3.8) is 0 Å². The van der Waals surface area contributed by atoms with Crippen molar-refractivity contribution in [1.29, 1.82) is 0 Å². The van der Waals surface area contributed by atoms with Gasteiger partial charge in [0.25, 0.3) is 0 Å². The summed E-state index contributed by atoms with van der Waals surface area (Å²) in [7, 11) is 0. The average molecular weight is 330 g/mol. The van der Waals surface area contributed by atoms with Crippen LogP contribution in [0.25, 0.3) is 0 Å². The van der Waals surface area contributed by atoms with E-state index in [-0.39, 0.29) is 19.4 Å². The maximum atomic E-state index is 10.0. The van der Waals surface area contributed by atoms with E-state index in [4.69, 9.17) is 14.2 Å². The van der Waals surface area contributed by atoms with Gasteiger partial charge in [0.15, 0.2) is 11.5 Å². The minimum absolute atomic E-state index is 0.150. The van der Waals surface area contributed by atoms with Gasteiger partial charge in [-0.15, -0.1) is 0 Å². The molecule has 0 aliphatic carbocycles. The zero-order chi connectivity index (χ0) is 16.8. The lowest BCUT2D eigenvalue weighted by atomic mass is 10.1. The molecule has 0 spiro atoms. The number of aliphatic hydroxyl groups is 1. The van der Waals surface area contributed by atoms with E-state index in [0.29, 0.717) is 13.2 Å². The summed E-state index contributed by atoms with van der Waals surface area (Å²) >= 11 is 0. The Balaban J connectivity index is 1.37. The molecule has 2 aromatic rings. The molecule has 0 bridgehead atoms. The lowest BCUT2D eigenvalue weighted by Gasteiger charge is -2.17. The van der Waals surface area contributed by atoms with Gasteiger partial charge in [0.1, 0.15) is 0 Å². The molecule has 2 heterocycles. The Hall–Kier alpha value is -2.15. The second kappa shape index (κ2) is 8.10. The first-order valence-electron chi connectivity index (χ1n) is 8.00. The second-order valence-corrected chi connectivity index (χ2v) is 5.77. The summed E-state index contributed by atoms with van der Waals surface area (Å²) < 4.78 is 16.2. The molecule has 6 heteroatoms. The number of aliphatic hydroxyl groups excluding tert-OH is 1. The third kappa shape index (κ3) is 4.44. The van der Waals surface area contributed by atoms with E-state index in [1.807, 2.05) is 30.3 Å². The minimum atomic E-state index is -0.566. The Kier molecular flexibility index (Phi) is 5.63. The van der Waals surface area contributed by atoms with Crippen LogP contribution in [0, 0.1) is 0 Å². The molecule has 0 saturated carbocycles. The van der Waals surface area contributed by atoms with Crippen LogP contribution in [0.2, 0.25) is 0 Å². The molecular weight excluding hydrogens is 308 g/mol. The molecule has 128 valence electrons. The smallest absolute Gasteiger partial charge is 0.231 e. The van der Waals surface area contributed by atoms with Crippen molar-refractivity contribution in [1.82, 2.24) is 10.3 Å². The largest absolute Gasteiger partial charge is 0.454 e. The monoisotopic (exact) mass is 330 g/mol. The molecular formula is C18H22N2O4. The number of hydrogen-bond donors (Lipinski definition) is 2. The molecule has 1 aromatic carbocycles. The maximum absolute atomic E-state index is 10.0. The predicted molar refractivity (Wildman–Crippen MR) is 88.9 cm³/mol. The first-order valence-corrected chi connectivity index (χ1v) is 8.00. The van der Waals surface area contributed by atoms with Crippen molar-refractivity contribution < 1.29 is 19.3 Å². The molecule has 0 unspecified atom stereocenters. The average Bonchev–Trinajstić information content (AvgIpc) is 3.08. The Morgan fingerprint density at radius 1 is 1.21 bits per heavy atom. The SMILES string of the molecule is C[C@@H](NC[C@H](O)COCc1ccc2c(c1)OCO2)c1ccncc1. The fraction of sp³-hybridized carbons (Fsp3) is 0.389. The summed E-state index contributed by atoms with van der Waals surface area (Å²) in [5.74, 6) is 1.50. The predicted octanol–water partition coefficient (Wildman–Crippen LogP) is 2.04. The van der Waals surface area contributed by atoms with E-state index in [1.54, 1.807) is 12.4 Å². The van der Waals surface area contributed by atoms with E-state index in [9.17, 15) is 5.11 Å². The molecule has 6 nitrogen and oxygen atoms in total. The molecule has 1 aliphatic rings. The van der Waals surface area contributed by atoms with Crippen LogP contribution in [0.3, 0.4) is 0 Å². The van der Waals surface area contributed by atoms with Gasteiger partial charge in [-0.05, 0) is 42.3 Å². The van der Waals surface area contributed by atoms with Gasteiger partial charge < -0.3 is 24.6 Å². The summed E-state index contributed by atoms with van der Waals surface area (Å²) in [6, 6.07) is 9.77. The molecule has 24 heavy (non-hydrogen) atoms. The van der Waals surface area contributed by atoms with Gasteiger partial charge >= 0.3 is 0 Å². The Bertz CT molecular complexity index is 651. The molecule has 0 amide bonds. The van der Waals surface area contributed by atoms with Crippen molar-refractivity contribution >= 4 is 0 Å². The highest BCUT2D eigenvalue weighted by Crippen LogP contribution is 2.32. The van der Waals surface area contributed by atoms with E-state index < -0.39 is 6.10 Å². The molecule has 2 N–H and O–H groups in total. The zero-order valence-corrected chi connectivity index (χ0v) is 13.6. The van der Waals surface area contributed by atoms with E-state index in [2.05, 4.69) is 17.2 Å². The fourth-order valence-corrected chi connectivity index (χ4v) is 2.49. The summed E-state index contributed by atoms with van der Waals surface area (Å²) in [6.45, 7) is 3.47. The van der Waals surface area contributed by atoms with Gasteiger partial charge in [0.2, 0.25) is 6.79 Å². The molecule has 0 fully saturated rings. The number of hydrogen-bond acceptors (Lipinski definition) is 6. The van der Waals surface area contributed by atoms with Crippen LogP contribution in [-0.4, -0.2) is 36.1 Å². The number of pyridine rings is 1. The number of nitrogens with zero attached hydrogens (tertiary/aromatic N) is 1. The zero-order valence-electron chi connectivity index (χ0n) is 13.6. The summed E-state index contributed by atoms with van der Waals surface area (Å²) in [6.07, 6.45) is 2.96. The molecule has 0 saturated heterocycles. The maximum Gasteiger partial charge on any atom is 0.231 e. The van der Waals surface area contributed by atoms with Gasteiger partial charge in [-0.2, -0.15) is 0 Å². The molecule has 2 atom stereocenters. The topological polar surface area (TPSA) is 72.8 Å². The van der Waals surface area contributed by atoms with Gasteiger partial charge in [-0.25, -0.2) is 0 Å². The molecule has 1 aromatic heterocycles. The van der Waals surface area contributed by atoms with E-state index in [0.717, 1.165) is 22.6 Å². The van der Waals surface area contributed by atoms with Crippen LogP contribution in [-0.2, 0) is 11.3 Å². The number of fused-ring (bicyclic) bond motifs is 1. The third-order valence-electron chi connectivity index (χ3n) is 3.88. The summed E-state index contributed by atoms with van der Waals surface area (Å²) in [5.41, 5.74) is 2.13. The normalized spacial score (nSPS) is 15.2. The van der Waals surface area contributed by atoms with E-state index in [1.165, 1.54) is 0 Å². The summed E-state index contributed by atoms with van der Waals surface area (Å²) in [4.78, 5) is 4.00. The number of benzene rings is 1. The molecule has 0 radical (unpaired) electrons. The Morgan fingerprint density at radius 2 is 2.00 bits per heavy atom. The van der Waals surface area contributed by atoms with Gasteiger partial charge in [-0.1, -0.05) is 6.07 Å². The first-order chi connectivity index (χ1) is 11.7. The quantitative estimate of drug-likeness (QED) is 0.772. The van der Waals surface area contributed by atoms with Crippen molar-refractivity contribution in [2.24, 2.45) is 0 Å². The lowest BCUT2D eigenvalue weighted by molar-refractivity contribution is 0.0278. The first kappa shape index (κ1) is 16.7. The number of nitrogens with one attached hydrogen (secondary N) is 1. The van der Waals surface area contributed by atoms with Crippen molar-refractivity contribution in [3.8, 4) is 11.5 Å². The van der Waals surface area contributed by atoms with Crippen LogP contribution in [0.1, 0.15) is 24.1 Å². The van der Waals surface area contributed by atoms with Crippen LogP contribution < -0.4 is 14.8 Å². The fourth-order valence-electron chi connectivity index (χ4n) is 2.49. The van der Waals surface area contributed by atoms with Crippen LogP contribution in [0.15, 0.2) is 42.7 Å². The van der Waals surface area contributed by atoms with Crippen molar-refractivity contribution in [2.45, 2.75) is 25.7 Å². The number of aromatic nitrogens is 1. The lowest BCUT2D eigenvalue weighted by Crippen LogP contribution is -2.32. The highest BCUT2D eigenvalue weighted by Gasteiger charge is 2.13. The third-order valence-corrected chi connectivity index (χ3v) is 3.88. The minimum Gasteiger partial charge on any atom is -0.454 e.